The fourth-order valence-corrected chi connectivity index (χ4v) is 4.71. The second-order valence-corrected chi connectivity index (χ2v) is 7.93. The molecule has 1 aliphatic carbocycles. The third kappa shape index (κ3) is 4.01. The zero-order valence-corrected chi connectivity index (χ0v) is 17.8. The molecule has 4 rings (SSSR count). The third-order valence-corrected chi connectivity index (χ3v) is 6.35. The normalized spacial score (nSPS) is 18.4. The molecule has 1 amide bonds. The van der Waals surface area contributed by atoms with Gasteiger partial charge in [-0.25, -0.2) is 0 Å². The summed E-state index contributed by atoms with van der Waals surface area (Å²) in [6.45, 7) is 7.77. The van der Waals surface area contributed by atoms with Crippen molar-refractivity contribution in [2.75, 3.05) is 39.8 Å². The highest BCUT2D eigenvalue weighted by Gasteiger charge is 2.26. The monoisotopic (exact) mass is 405 g/mol. The fourth-order valence-electron chi connectivity index (χ4n) is 4.71. The minimum atomic E-state index is 0. The van der Waals surface area contributed by atoms with E-state index in [2.05, 4.69) is 28.7 Å². The summed E-state index contributed by atoms with van der Waals surface area (Å²) in [6, 6.07) is 6.06. The van der Waals surface area contributed by atoms with E-state index in [1.165, 1.54) is 25.7 Å². The number of para-hydroxylation sites is 1. The van der Waals surface area contributed by atoms with Gasteiger partial charge in [-0.2, -0.15) is 0 Å². The molecule has 2 aliphatic rings. The molecule has 0 spiro atoms. The van der Waals surface area contributed by atoms with Crippen molar-refractivity contribution >= 4 is 29.2 Å². The van der Waals surface area contributed by atoms with E-state index < -0.39 is 0 Å². The van der Waals surface area contributed by atoms with Crippen LogP contribution in [0.5, 0.6) is 5.75 Å². The molecule has 5 nitrogen and oxygen atoms in total. The predicted molar refractivity (Wildman–Crippen MR) is 116 cm³/mol. The van der Waals surface area contributed by atoms with E-state index in [1.54, 1.807) is 7.11 Å². The maximum Gasteiger partial charge on any atom is 0.256 e. The number of carbonyl (C=O) groups is 1. The van der Waals surface area contributed by atoms with Crippen LogP contribution in [0.25, 0.3) is 10.9 Å². The minimum absolute atomic E-state index is 0. The molecule has 28 heavy (non-hydrogen) atoms. The minimum Gasteiger partial charge on any atom is -0.495 e. The highest BCUT2D eigenvalue weighted by Crippen LogP contribution is 2.34. The maximum atomic E-state index is 13.3. The van der Waals surface area contributed by atoms with Crippen molar-refractivity contribution in [3.05, 3.63) is 30.0 Å². The zero-order chi connectivity index (χ0) is 18.8. The molecule has 2 heterocycles. The van der Waals surface area contributed by atoms with Crippen LogP contribution in [0.2, 0.25) is 0 Å². The van der Waals surface area contributed by atoms with Gasteiger partial charge in [0, 0.05) is 44.3 Å². The third-order valence-electron chi connectivity index (χ3n) is 6.35. The molecule has 0 N–H and O–H groups in total. The number of halogens is 1. The first kappa shape index (κ1) is 21.0. The van der Waals surface area contributed by atoms with Crippen molar-refractivity contribution in [3.63, 3.8) is 0 Å². The maximum absolute atomic E-state index is 13.3. The van der Waals surface area contributed by atoms with E-state index in [0.29, 0.717) is 5.92 Å². The summed E-state index contributed by atoms with van der Waals surface area (Å²) < 4.78 is 7.92. The Bertz CT molecular complexity index is 805. The number of piperazine rings is 1. The SMILES string of the molecule is CCN1CCN(C(=O)c2cn(CC3CCCC3)c3c(OC)cccc23)CC1.Cl. The Kier molecular flexibility index (Phi) is 6.89. The number of amides is 1. The van der Waals surface area contributed by atoms with Gasteiger partial charge in [0.15, 0.2) is 0 Å². The van der Waals surface area contributed by atoms with Crippen LogP contribution < -0.4 is 4.74 Å². The molecule has 1 saturated carbocycles. The highest BCUT2D eigenvalue weighted by molar-refractivity contribution is 6.08. The Labute approximate surface area is 174 Å². The standard InChI is InChI=1S/C22H31N3O2.ClH/c1-3-23-11-13-24(14-12-23)22(26)19-16-25(15-17-7-4-5-8-17)21-18(19)9-6-10-20(21)27-2;/h6,9-10,16-17H,3-5,7-8,11-15H2,1-2H3;1H. The summed E-state index contributed by atoms with van der Waals surface area (Å²) in [5, 5.41) is 1.02. The Morgan fingerprint density at radius 1 is 1.14 bits per heavy atom. The van der Waals surface area contributed by atoms with Gasteiger partial charge in [-0.15, -0.1) is 12.4 Å². The first-order chi connectivity index (χ1) is 13.2. The summed E-state index contributed by atoms with van der Waals surface area (Å²) in [6.07, 6.45) is 7.32. The lowest BCUT2D eigenvalue weighted by molar-refractivity contribution is 0.0645. The van der Waals surface area contributed by atoms with Gasteiger partial charge in [-0.3, -0.25) is 4.79 Å². The average molecular weight is 406 g/mol. The van der Waals surface area contributed by atoms with Crippen LogP contribution in [0.1, 0.15) is 43.0 Å². The first-order valence-electron chi connectivity index (χ1n) is 10.4. The van der Waals surface area contributed by atoms with Gasteiger partial charge in [0.2, 0.25) is 0 Å². The second kappa shape index (κ2) is 9.19. The van der Waals surface area contributed by atoms with Gasteiger partial charge in [0.05, 0.1) is 18.2 Å². The summed E-state index contributed by atoms with van der Waals surface area (Å²) in [5.41, 5.74) is 1.90. The summed E-state index contributed by atoms with van der Waals surface area (Å²) in [7, 11) is 1.72. The molecule has 154 valence electrons. The van der Waals surface area contributed by atoms with Gasteiger partial charge in [-0.1, -0.05) is 31.9 Å². The van der Waals surface area contributed by atoms with Crippen molar-refractivity contribution in [3.8, 4) is 5.75 Å². The molecule has 1 aromatic heterocycles. The Hall–Kier alpha value is -1.72. The smallest absolute Gasteiger partial charge is 0.256 e. The van der Waals surface area contributed by atoms with Crippen molar-refractivity contribution < 1.29 is 9.53 Å². The Morgan fingerprint density at radius 3 is 2.50 bits per heavy atom. The van der Waals surface area contributed by atoms with Crippen LogP contribution in [0, 0.1) is 5.92 Å². The summed E-state index contributed by atoms with van der Waals surface area (Å²) >= 11 is 0. The highest BCUT2D eigenvalue weighted by atomic mass is 35.5. The summed E-state index contributed by atoms with van der Waals surface area (Å²) in [5.74, 6) is 1.73. The second-order valence-electron chi connectivity index (χ2n) is 7.93. The number of carbonyl (C=O) groups excluding carboxylic acids is 1. The van der Waals surface area contributed by atoms with Crippen molar-refractivity contribution in [1.82, 2.24) is 14.4 Å². The quantitative estimate of drug-likeness (QED) is 0.753. The molecule has 0 unspecified atom stereocenters. The average Bonchev–Trinajstić information content (AvgIpc) is 3.36. The van der Waals surface area contributed by atoms with Crippen LogP contribution in [-0.4, -0.2) is 60.1 Å². The zero-order valence-electron chi connectivity index (χ0n) is 17.0. The van der Waals surface area contributed by atoms with Gasteiger partial charge >= 0.3 is 0 Å². The Morgan fingerprint density at radius 2 is 1.86 bits per heavy atom. The van der Waals surface area contributed by atoms with Crippen LogP contribution in [0.3, 0.4) is 0 Å². The lowest BCUT2D eigenvalue weighted by atomic mass is 10.1. The molecule has 0 bridgehead atoms. The van der Waals surface area contributed by atoms with E-state index in [9.17, 15) is 4.79 Å². The molecule has 2 aromatic rings. The van der Waals surface area contributed by atoms with Crippen molar-refractivity contribution in [2.45, 2.75) is 39.2 Å². The molecule has 2 fully saturated rings. The number of aromatic nitrogens is 1. The molecule has 1 aromatic carbocycles. The number of fused-ring (bicyclic) bond motifs is 1. The number of benzene rings is 1. The number of hydrogen-bond acceptors (Lipinski definition) is 3. The van der Waals surface area contributed by atoms with Crippen LogP contribution in [0.4, 0.5) is 0 Å². The molecular weight excluding hydrogens is 374 g/mol. The van der Waals surface area contributed by atoms with Gasteiger partial charge in [0.1, 0.15) is 5.75 Å². The van der Waals surface area contributed by atoms with Gasteiger partial charge in [0.25, 0.3) is 5.91 Å². The number of ether oxygens (including phenoxy) is 1. The lowest BCUT2D eigenvalue weighted by Gasteiger charge is -2.34. The van der Waals surface area contributed by atoms with Crippen molar-refractivity contribution in [1.29, 1.82) is 0 Å². The number of hydrogen-bond donors (Lipinski definition) is 0. The number of nitrogens with zero attached hydrogens (tertiary/aromatic N) is 3. The molecule has 0 radical (unpaired) electrons. The fraction of sp³-hybridized carbons (Fsp3) is 0.591. The van der Waals surface area contributed by atoms with Crippen LogP contribution in [-0.2, 0) is 6.54 Å². The first-order valence-corrected chi connectivity index (χ1v) is 10.4. The number of methoxy groups -OCH3 is 1. The van der Waals surface area contributed by atoms with E-state index in [4.69, 9.17) is 4.74 Å². The largest absolute Gasteiger partial charge is 0.495 e. The van der Waals surface area contributed by atoms with E-state index in [0.717, 1.165) is 61.5 Å². The molecule has 1 saturated heterocycles. The Balaban J connectivity index is 0.00000225. The van der Waals surface area contributed by atoms with Crippen LogP contribution in [0.15, 0.2) is 24.4 Å². The van der Waals surface area contributed by atoms with Crippen molar-refractivity contribution in [2.24, 2.45) is 5.92 Å². The van der Waals surface area contributed by atoms with E-state index >= 15 is 0 Å². The lowest BCUT2D eigenvalue weighted by Crippen LogP contribution is -2.48. The molecular formula is C22H32ClN3O2. The van der Waals surface area contributed by atoms with Gasteiger partial charge in [-0.05, 0) is 31.4 Å². The van der Waals surface area contributed by atoms with Crippen LogP contribution >= 0.6 is 12.4 Å². The van der Waals surface area contributed by atoms with Gasteiger partial charge < -0.3 is 19.1 Å². The number of likely N-dealkylation sites (N-methyl/N-ethyl adjacent to an activating group) is 1. The van der Waals surface area contributed by atoms with E-state index in [-0.39, 0.29) is 18.3 Å². The predicted octanol–water partition coefficient (Wildman–Crippen LogP) is 4.04. The molecule has 1 aliphatic heterocycles. The molecule has 0 atom stereocenters. The topological polar surface area (TPSA) is 37.7 Å². The summed E-state index contributed by atoms with van der Waals surface area (Å²) in [4.78, 5) is 17.7. The number of rotatable bonds is 5. The van der Waals surface area contributed by atoms with E-state index in [1.807, 2.05) is 17.0 Å². The molecule has 6 heteroatoms.